The summed E-state index contributed by atoms with van der Waals surface area (Å²) in [4.78, 5) is 7.08. The third kappa shape index (κ3) is 2.37. The van der Waals surface area contributed by atoms with Gasteiger partial charge in [0.1, 0.15) is 0 Å². The van der Waals surface area contributed by atoms with Gasteiger partial charge in [-0.3, -0.25) is 9.88 Å². The van der Waals surface area contributed by atoms with Crippen LogP contribution in [0.2, 0.25) is 0 Å². The standard InChI is InChI=1S/C13H20N2/c1-3-8-15-9-4-5-13(15)12-10-11(2)6-7-14-12/h6-7,10,13H,3-5,8-9H2,1-2H3/t13-/m1/s1. The average molecular weight is 204 g/mol. The lowest BCUT2D eigenvalue weighted by Crippen LogP contribution is -2.24. The smallest absolute Gasteiger partial charge is 0.0578 e. The summed E-state index contributed by atoms with van der Waals surface area (Å²) in [5.74, 6) is 0. The predicted octanol–water partition coefficient (Wildman–Crippen LogP) is 2.94. The molecule has 15 heavy (non-hydrogen) atoms. The molecule has 0 saturated carbocycles. The van der Waals surface area contributed by atoms with Gasteiger partial charge in [0, 0.05) is 6.20 Å². The highest BCUT2D eigenvalue weighted by Gasteiger charge is 2.25. The van der Waals surface area contributed by atoms with E-state index < -0.39 is 0 Å². The molecule has 1 saturated heterocycles. The molecule has 0 bridgehead atoms. The second-order valence-electron chi connectivity index (χ2n) is 4.45. The normalized spacial score (nSPS) is 22.1. The zero-order valence-electron chi connectivity index (χ0n) is 9.74. The van der Waals surface area contributed by atoms with Crippen LogP contribution < -0.4 is 0 Å². The summed E-state index contributed by atoms with van der Waals surface area (Å²) in [6.45, 7) is 6.85. The lowest BCUT2D eigenvalue weighted by molar-refractivity contribution is 0.253. The molecule has 0 radical (unpaired) electrons. The molecule has 82 valence electrons. The molecule has 1 aliphatic heterocycles. The fraction of sp³-hybridized carbons (Fsp3) is 0.615. The van der Waals surface area contributed by atoms with Gasteiger partial charge in [0.05, 0.1) is 11.7 Å². The van der Waals surface area contributed by atoms with Crippen molar-refractivity contribution in [3.8, 4) is 0 Å². The summed E-state index contributed by atoms with van der Waals surface area (Å²) >= 11 is 0. The molecule has 1 atom stereocenters. The largest absolute Gasteiger partial charge is 0.295 e. The maximum atomic E-state index is 4.51. The molecule has 2 heteroatoms. The second-order valence-corrected chi connectivity index (χ2v) is 4.45. The quantitative estimate of drug-likeness (QED) is 0.752. The van der Waals surface area contributed by atoms with Crippen molar-refractivity contribution in [2.24, 2.45) is 0 Å². The molecule has 1 aliphatic rings. The van der Waals surface area contributed by atoms with E-state index >= 15 is 0 Å². The van der Waals surface area contributed by atoms with E-state index in [0.29, 0.717) is 6.04 Å². The molecule has 1 fully saturated rings. The van der Waals surface area contributed by atoms with E-state index in [9.17, 15) is 0 Å². The first-order chi connectivity index (χ1) is 7.31. The number of rotatable bonds is 3. The Kier molecular flexibility index (Phi) is 3.37. The van der Waals surface area contributed by atoms with E-state index in [1.165, 1.54) is 43.6 Å². The van der Waals surface area contributed by atoms with Crippen LogP contribution in [0, 0.1) is 6.92 Å². The Hall–Kier alpha value is -0.890. The van der Waals surface area contributed by atoms with E-state index in [-0.39, 0.29) is 0 Å². The van der Waals surface area contributed by atoms with Gasteiger partial charge in [-0.2, -0.15) is 0 Å². The minimum Gasteiger partial charge on any atom is -0.295 e. The van der Waals surface area contributed by atoms with Gasteiger partial charge in [-0.05, 0) is 57.0 Å². The van der Waals surface area contributed by atoms with Crippen molar-refractivity contribution in [2.75, 3.05) is 13.1 Å². The van der Waals surface area contributed by atoms with Crippen LogP contribution in [0.3, 0.4) is 0 Å². The first kappa shape index (κ1) is 10.6. The number of likely N-dealkylation sites (tertiary alicyclic amines) is 1. The molecule has 0 spiro atoms. The molecule has 1 aromatic heterocycles. The van der Waals surface area contributed by atoms with Crippen LogP contribution in [-0.2, 0) is 0 Å². The molecular formula is C13H20N2. The average Bonchev–Trinajstić information content (AvgIpc) is 2.66. The number of aromatic nitrogens is 1. The van der Waals surface area contributed by atoms with Crippen molar-refractivity contribution >= 4 is 0 Å². The van der Waals surface area contributed by atoms with Crippen LogP contribution in [0.25, 0.3) is 0 Å². The monoisotopic (exact) mass is 204 g/mol. The Balaban J connectivity index is 2.15. The molecule has 2 rings (SSSR count). The van der Waals surface area contributed by atoms with Crippen molar-refractivity contribution < 1.29 is 0 Å². The molecular weight excluding hydrogens is 184 g/mol. The summed E-state index contributed by atoms with van der Waals surface area (Å²) in [7, 11) is 0. The molecule has 0 aromatic carbocycles. The summed E-state index contributed by atoms with van der Waals surface area (Å²) < 4.78 is 0. The van der Waals surface area contributed by atoms with Crippen LogP contribution in [0.5, 0.6) is 0 Å². The van der Waals surface area contributed by atoms with Crippen molar-refractivity contribution in [3.63, 3.8) is 0 Å². The van der Waals surface area contributed by atoms with Gasteiger partial charge in [0.2, 0.25) is 0 Å². The molecule has 2 nitrogen and oxygen atoms in total. The fourth-order valence-corrected chi connectivity index (χ4v) is 2.46. The Labute approximate surface area is 92.3 Å². The van der Waals surface area contributed by atoms with E-state index in [1.807, 2.05) is 6.20 Å². The lowest BCUT2D eigenvalue weighted by atomic mass is 10.1. The Morgan fingerprint density at radius 2 is 2.40 bits per heavy atom. The first-order valence-corrected chi connectivity index (χ1v) is 5.98. The lowest BCUT2D eigenvalue weighted by Gasteiger charge is -2.23. The van der Waals surface area contributed by atoms with Crippen molar-refractivity contribution in [2.45, 2.75) is 39.2 Å². The molecule has 1 aromatic rings. The molecule has 0 amide bonds. The molecule has 2 heterocycles. The zero-order chi connectivity index (χ0) is 10.7. The predicted molar refractivity (Wildman–Crippen MR) is 62.8 cm³/mol. The third-order valence-electron chi connectivity index (χ3n) is 3.15. The van der Waals surface area contributed by atoms with Crippen LogP contribution in [0.4, 0.5) is 0 Å². The van der Waals surface area contributed by atoms with Gasteiger partial charge < -0.3 is 0 Å². The maximum absolute atomic E-state index is 4.51. The molecule has 0 N–H and O–H groups in total. The van der Waals surface area contributed by atoms with Crippen LogP contribution >= 0.6 is 0 Å². The van der Waals surface area contributed by atoms with Gasteiger partial charge in [0.25, 0.3) is 0 Å². The Morgan fingerprint density at radius 1 is 1.53 bits per heavy atom. The first-order valence-electron chi connectivity index (χ1n) is 5.98. The van der Waals surface area contributed by atoms with Gasteiger partial charge in [0.15, 0.2) is 0 Å². The van der Waals surface area contributed by atoms with Crippen LogP contribution in [0.15, 0.2) is 18.3 Å². The maximum Gasteiger partial charge on any atom is 0.0578 e. The van der Waals surface area contributed by atoms with Gasteiger partial charge >= 0.3 is 0 Å². The van der Waals surface area contributed by atoms with Crippen molar-refractivity contribution in [1.82, 2.24) is 9.88 Å². The number of pyridine rings is 1. The summed E-state index contributed by atoms with van der Waals surface area (Å²) in [6, 6.07) is 4.88. The topological polar surface area (TPSA) is 16.1 Å². The van der Waals surface area contributed by atoms with Crippen LogP contribution in [-0.4, -0.2) is 23.0 Å². The highest BCUT2D eigenvalue weighted by Crippen LogP contribution is 2.30. The van der Waals surface area contributed by atoms with Crippen molar-refractivity contribution in [1.29, 1.82) is 0 Å². The molecule has 0 aliphatic carbocycles. The van der Waals surface area contributed by atoms with E-state index in [0.717, 1.165) is 0 Å². The van der Waals surface area contributed by atoms with Gasteiger partial charge in [-0.25, -0.2) is 0 Å². The van der Waals surface area contributed by atoms with E-state index in [2.05, 4.69) is 35.9 Å². The second kappa shape index (κ2) is 4.75. The third-order valence-corrected chi connectivity index (χ3v) is 3.15. The number of hydrogen-bond donors (Lipinski definition) is 0. The highest BCUT2D eigenvalue weighted by molar-refractivity contribution is 5.18. The summed E-state index contributed by atoms with van der Waals surface area (Å²) in [6.07, 6.45) is 5.77. The minimum atomic E-state index is 0.574. The van der Waals surface area contributed by atoms with Crippen LogP contribution in [0.1, 0.15) is 43.5 Å². The summed E-state index contributed by atoms with van der Waals surface area (Å²) in [5.41, 5.74) is 2.59. The molecule has 0 unspecified atom stereocenters. The van der Waals surface area contributed by atoms with Gasteiger partial charge in [-0.1, -0.05) is 6.92 Å². The SMILES string of the molecule is CCCN1CCC[C@@H]1c1cc(C)ccn1. The van der Waals surface area contributed by atoms with Gasteiger partial charge in [-0.15, -0.1) is 0 Å². The fourth-order valence-electron chi connectivity index (χ4n) is 2.46. The Morgan fingerprint density at radius 3 is 3.13 bits per heavy atom. The number of nitrogens with zero attached hydrogens (tertiary/aromatic N) is 2. The Bertz CT molecular complexity index is 322. The van der Waals surface area contributed by atoms with E-state index in [4.69, 9.17) is 0 Å². The summed E-state index contributed by atoms with van der Waals surface area (Å²) in [5, 5.41) is 0. The van der Waals surface area contributed by atoms with Crippen molar-refractivity contribution in [3.05, 3.63) is 29.6 Å². The number of hydrogen-bond acceptors (Lipinski definition) is 2. The number of aryl methyl sites for hydroxylation is 1. The highest BCUT2D eigenvalue weighted by atomic mass is 15.2. The minimum absolute atomic E-state index is 0.574. The zero-order valence-corrected chi connectivity index (χ0v) is 9.74. The van der Waals surface area contributed by atoms with E-state index in [1.54, 1.807) is 0 Å².